The minimum atomic E-state index is 0.0635. The van der Waals surface area contributed by atoms with Crippen molar-refractivity contribution in [3.05, 3.63) is 46.2 Å². The van der Waals surface area contributed by atoms with E-state index in [1.807, 2.05) is 23.4 Å². The van der Waals surface area contributed by atoms with E-state index in [-0.39, 0.29) is 11.7 Å². The maximum Gasteiger partial charge on any atom is 0.252 e. The molecular formula is C16H19N4OPS. The molecule has 0 aliphatic carbocycles. The van der Waals surface area contributed by atoms with E-state index in [9.17, 15) is 4.79 Å². The molecule has 4 rings (SSSR count). The summed E-state index contributed by atoms with van der Waals surface area (Å²) in [5.41, 5.74) is 2.16. The second kappa shape index (κ2) is 6.19. The molecule has 1 amide bonds. The number of nitrogens with one attached hydrogen (secondary N) is 1. The first-order chi connectivity index (χ1) is 11.2. The van der Waals surface area contributed by atoms with Crippen LogP contribution < -0.4 is 5.32 Å². The molecule has 1 aromatic rings. The fourth-order valence-electron chi connectivity index (χ4n) is 2.98. The fourth-order valence-corrected chi connectivity index (χ4v) is 5.29. The summed E-state index contributed by atoms with van der Waals surface area (Å²) in [7, 11) is 0.550. The Hall–Kier alpha value is -1.49. The van der Waals surface area contributed by atoms with Crippen molar-refractivity contribution < 1.29 is 4.79 Å². The Morgan fingerprint density at radius 2 is 2.22 bits per heavy atom. The van der Waals surface area contributed by atoms with Crippen LogP contribution in [0.3, 0.4) is 0 Å². The lowest BCUT2D eigenvalue weighted by Crippen LogP contribution is -2.44. The van der Waals surface area contributed by atoms with Gasteiger partial charge < -0.3 is 15.1 Å². The van der Waals surface area contributed by atoms with Gasteiger partial charge in [0, 0.05) is 54.8 Å². The van der Waals surface area contributed by atoms with Crippen LogP contribution in [-0.4, -0.2) is 52.7 Å². The van der Waals surface area contributed by atoms with Crippen molar-refractivity contribution in [3.8, 4) is 0 Å². The minimum absolute atomic E-state index is 0.0635. The number of hydrogen-bond donors (Lipinski definition) is 1. The second-order valence-electron chi connectivity index (χ2n) is 5.84. The smallest absolute Gasteiger partial charge is 0.252 e. The van der Waals surface area contributed by atoms with Crippen molar-refractivity contribution in [2.24, 2.45) is 0 Å². The molecule has 2 unspecified atom stereocenters. The van der Waals surface area contributed by atoms with Crippen LogP contribution in [0.4, 0.5) is 0 Å². The number of aryl methyl sites for hydroxylation is 1. The van der Waals surface area contributed by atoms with E-state index in [1.165, 1.54) is 0 Å². The summed E-state index contributed by atoms with van der Waals surface area (Å²) < 4.78 is 0. The van der Waals surface area contributed by atoms with Gasteiger partial charge in [0.15, 0.2) is 0 Å². The first-order valence-corrected chi connectivity index (χ1v) is 9.75. The molecule has 0 spiro atoms. The summed E-state index contributed by atoms with van der Waals surface area (Å²) in [4.78, 5) is 21.3. The number of aromatic nitrogens is 1. The van der Waals surface area contributed by atoms with Crippen molar-refractivity contribution in [1.82, 2.24) is 20.1 Å². The van der Waals surface area contributed by atoms with Gasteiger partial charge in [0.2, 0.25) is 0 Å². The number of carbonyl (C=O) groups excluding carboxylic acids is 1. The van der Waals surface area contributed by atoms with Gasteiger partial charge in [-0.25, -0.2) is 4.98 Å². The third kappa shape index (κ3) is 2.99. The van der Waals surface area contributed by atoms with Gasteiger partial charge in [0.25, 0.3) is 5.91 Å². The number of allylic oxidation sites excluding steroid dienone is 1. The zero-order chi connectivity index (χ0) is 15.8. The van der Waals surface area contributed by atoms with Gasteiger partial charge in [-0.1, -0.05) is 14.7 Å². The molecule has 0 aromatic carbocycles. The maximum atomic E-state index is 12.6. The standard InChI is InChI=1S/C16H19N4OPS/c1-11-10-23-16(18-11)13-8-14(21)20-9-12(2-3-15(20)22-13)19-6-4-17-5-7-19/h2-3,8-10,15,17,22H,4-7H2,1H3. The highest BCUT2D eigenvalue weighted by Gasteiger charge is 2.30. The van der Waals surface area contributed by atoms with E-state index in [0.29, 0.717) is 8.58 Å². The quantitative estimate of drug-likeness (QED) is 0.832. The zero-order valence-corrected chi connectivity index (χ0v) is 14.8. The predicted octanol–water partition coefficient (Wildman–Crippen LogP) is 1.96. The lowest BCUT2D eigenvalue weighted by atomic mass is 10.2. The van der Waals surface area contributed by atoms with E-state index >= 15 is 0 Å². The van der Waals surface area contributed by atoms with Crippen LogP contribution in [0.2, 0.25) is 0 Å². The van der Waals surface area contributed by atoms with Crippen molar-refractivity contribution in [2.45, 2.75) is 12.7 Å². The monoisotopic (exact) mass is 346 g/mol. The Morgan fingerprint density at radius 3 is 2.96 bits per heavy atom. The second-order valence-corrected chi connectivity index (χ2v) is 8.11. The van der Waals surface area contributed by atoms with Gasteiger partial charge in [-0.05, 0) is 13.0 Å². The van der Waals surface area contributed by atoms with Crippen molar-refractivity contribution in [3.63, 3.8) is 0 Å². The van der Waals surface area contributed by atoms with Crippen LogP contribution in [0.1, 0.15) is 10.7 Å². The predicted molar refractivity (Wildman–Crippen MR) is 95.4 cm³/mol. The highest BCUT2D eigenvalue weighted by molar-refractivity contribution is 7.52. The van der Waals surface area contributed by atoms with Gasteiger partial charge in [0.1, 0.15) is 5.01 Å². The van der Waals surface area contributed by atoms with Crippen LogP contribution in [0.15, 0.2) is 35.5 Å². The number of rotatable bonds is 2. The molecule has 1 aromatic heterocycles. The molecular weight excluding hydrogens is 327 g/mol. The van der Waals surface area contributed by atoms with Gasteiger partial charge in [-0.2, -0.15) is 0 Å². The molecule has 3 aliphatic heterocycles. The van der Waals surface area contributed by atoms with Crippen LogP contribution >= 0.6 is 19.9 Å². The van der Waals surface area contributed by atoms with Crippen molar-refractivity contribution in [2.75, 3.05) is 26.2 Å². The molecule has 0 bridgehead atoms. The number of nitrogens with zero attached hydrogens (tertiary/aromatic N) is 3. The van der Waals surface area contributed by atoms with Crippen LogP contribution in [0.25, 0.3) is 5.31 Å². The lowest BCUT2D eigenvalue weighted by Gasteiger charge is -2.37. The van der Waals surface area contributed by atoms with Crippen LogP contribution in [0.5, 0.6) is 0 Å². The molecule has 1 saturated heterocycles. The van der Waals surface area contributed by atoms with Crippen molar-refractivity contribution >= 4 is 31.1 Å². The molecule has 0 radical (unpaired) electrons. The molecule has 7 heteroatoms. The highest BCUT2D eigenvalue weighted by Crippen LogP contribution is 2.45. The van der Waals surface area contributed by atoms with E-state index in [4.69, 9.17) is 0 Å². The molecule has 5 nitrogen and oxygen atoms in total. The number of hydrogen-bond acceptors (Lipinski definition) is 5. The first kappa shape index (κ1) is 15.1. The molecule has 3 aliphatic rings. The summed E-state index contributed by atoms with van der Waals surface area (Å²) >= 11 is 1.62. The summed E-state index contributed by atoms with van der Waals surface area (Å²) in [6.07, 6.45) is 8.12. The van der Waals surface area contributed by atoms with Crippen LogP contribution in [0, 0.1) is 6.92 Å². The largest absolute Gasteiger partial charge is 0.368 e. The van der Waals surface area contributed by atoms with E-state index in [2.05, 4.69) is 27.4 Å². The van der Waals surface area contributed by atoms with E-state index in [0.717, 1.165) is 47.9 Å². The van der Waals surface area contributed by atoms with E-state index < -0.39 is 0 Å². The average Bonchev–Trinajstić information content (AvgIpc) is 3.02. The summed E-state index contributed by atoms with van der Waals surface area (Å²) in [5, 5.41) is 7.46. The Balaban J connectivity index is 1.57. The Morgan fingerprint density at radius 1 is 1.39 bits per heavy atom. The zero-order valence-electron chi connectivity index (χ0n) is 13.0. The lowest BCUT2D eigenvalue weighted by molar-refractivity contribution is -0.123. The van der Waals surface area contributed by atoms with Gasteiger partial charge in [-0.3, -0.25) is 4.79 Å². The average molecular weight is 346 g/mol. The van der Waals surface area contributed by atoms with Gasteiger partial charge in [0.05, 0.1) is 11.5 Å². The first-order valence-electron chi connectivity index (χ1n) is 7.79. The minimum Gasteiger partial charge on any atom is -0.368 e. The molecule has 120 valence electrons. The Bertz CT molecular complexity index is 717. The van der Waals surface area contributed by atoms with Crippen LogP contribution in [-0.2, 0) is 4.79 Å². The number of carbonyl (C=O) groups is 1. The van der Waals surface area contributed by atoms with E-state index in [1.54, 1.807) is 17.4 Å². The fraction of sp³-hybridized carbons (Fsp3) is 0.375. The normalized spacial score (nSPS) is 25.4. The van der Waals surface area contributed by atoms with Gasteiger partial charge >= 0.3 is 0 Å². The molecule has 4 heterocycles. The number of thiazole rings is 1. The topological polar surface area (TPSA) is 48.5 Å². The third-order valence-corrected chi connectivity index (χ3v) is 6.81. The highest BCUT2D eigenvalue weighted by atomic mass is 32.1. The molecule has 1 fully saturated rings. The van der Waals surface area contributed by atoms with Crippen molar-refractivity contribution in [1.29, 1.82) is 0 Å². The molecule has 2 atom stereocenters. The molecule has 23 heavy (non-hydrogen) atoms. The third-order valence-electron chi connectivity index (χ3n) is 4.18. The molecule has 1 N–H and O–H groups in total. The molecule has 0 saturated carbocycles. The summed E-state index contributed by atoms with van der Waals surface area (Å²) in [6.45, 7) is 5.97. The number of fused-ring (bicyclic) bond motifs is 1. The van der Waals surface area contributed by atoms with Gasteiger partial charge in [-0.15, -0.1) is 11.3 Å². The SMILES string of the molecule is Cc1csc(C2=CC(=O)N3C=C(N4CCNCC4)C=CC3P2)n1. The maximum absolute atomic E-state index is 12.6. The number of piperazine rings is 1. The summed E-state index contributed by atoms with van der Waals surface area (Å²) in [6, 6.07) is 0. The Kier molecular flexibility index (Phi) is 4.05. The number of amides is 1. The summed E-state index contributed by atoms with van der Waals surface area (Å²) in [5.74, 6) is 0.201. The Labute approximate surface area is 141 Å².